The third-order valence-electron chi connectivity index (χ3n) is 2.75. The SMILES string of the molecule is CC(Nc1cccc(F)c1F)c1ccc(Br)cc1Br. The van der Waals surface area contributed by atoms with Crippen LogP contribution in [-0.2, 0) is 0 Å². The molecule has 0 amide bonds. The van der Waals surface area contributed by atoms with Crippen molar-refractivity contribution in [3.63, 3.8) is 0 Å². The fourth-order valence-electron chi connectivity index (χ4n) is 1.78. The molecule has 0 saturated carbocycles. The van der Waals surface area contributed by atoms with Crippen molar-refractivity contribution in [3.8, 4) is 0 Å². The molecule has 5 heteroatoms. The van der Waals surface area contributed by atoms with Gasteiger partial charge in [-0.25, -0.2) is 8.78 Å². The van der Waals surface area contributed by atoms with E-state index in [1.807, 2.05) is 25.1 Å². The number of halogens is 4. The van der Waals surface area contributed by atoms with Crippen molar-refractivity contribution in [1.29, 1.82) is 0 Å². The van der Waals surface area contributed by atoms with Crippen LogP contribution in [0.2, 0.25) is 0 Å². The van der Waals surface area contributed by atoms with Crippen LogP contribution in [0.1, 0.15) is 18.5 Å². The number of anilines is 1. The van der Waals surface area contributed by atoms with Crippen molar-refractivity contribution in [2.75, 3.05) is 5.32 Å². The normalized spacial score (nSPS) is 12.3. The molecule has 0 heterocycles. The van der Waals surface area contributed by atoms with E-state index < -0.39 is 11.6 Å². The zero-order valence-electron chi connectivity index (χ0n) is 10.1. The van der Waals surface area contributed by atoms with Gasteiger partial charge < -0.3 is 5.32 Å². The van der Waals surface area contributed by atoms with Gasteiger partial charge in [0.2, 0.25) is 0 Å². The highest BCUT2D eigenvalue weighted by molar-refractivity contribution is 9.11. The first-order valence-corrected chi connectivity index (χ1v) is 7.23. The van der Waals surface area contributed by atoms with Gasteiger partial charge in [-0.3, -0.25) is 0 Å². The van der Waals surface area contributed by atoms with Gasteiger partial charge in [-0.1, -0.05) is 44.0 Å². The first-order valence-electron chi connectivity index (χ1n) is 5.64. The van der Waals surface area contributed by atoms with E-state index >= 15 is 0 Å². The van der Waals surface area contributed by atoms with Crippen LogP contribution in [-0.4, -0.2) is 0 Å². The standard InChI is InChI=1S/C14H11Br2F2N/c1-8(10-6-5-9(15)7-11(10)16)19-13-4-2-3-12(17)14(13)18/h2-8,19H,1H3. The van der Waals surface area contributed by atoms with Gasteiger partial charge in [0.25, 0.3) is 0 Å². The Balaban J connectivity index is 2.25. The highest BCUT2D eigenvalue weighted by atomic mass is 79.9. The first kappa shape index (κ1) is 14.5. The number of benzene rings is 2. The minimum Gasteiger partial charge on any atom is -0.376 e. The van der Waals surface area contributed by atoms with Crippen LogP contribution < -0.4 is 5.32 Å². The average Bonchev–Trinajstić information content (AvgIpc) is 2.34. The minimum atomic E-state index is -0.859. The summed E-state index contributed by atoms with van der Waals surface area (Å²) >= 11 is 6.83. The molecule has 2 aromatic carbocycles. The Labute approximate surface area is 127 Å². The maximum Gasteiger partial charge on any atom is 0.181 e. The molecule has 0 aliphatic heterocycles. The van der Waals surface area contributed by atoms with Crippen LogP contribution in [0, 0.1) is 11.6 Å². The lowest BCUT2D eigenvalue weighted by Crippen LogP contribution is -2.09. The molecule has 0 saturated heterocycles. The Bertz CT molecular complexity index is 602. The molecule has 0 fully saturated rings. The summed E-state index contributed by atoms with van der Waals surface area (Å²) in [5, 5.41) is 2.97. The molecule has 2 rings (SSSR count). The molecule has 1 unspecified atom stereocenters. The van der Waals surface area contributed by atoms with Gasteiger partial charge >= 0.3 is 0 Å². The molecule has 0 bridgehead atoms. The maximum absolute atomic E-state index is 13.6. The van der Waals surface area contributed by atoms with Gasteiger partial charge in [0.05, 0.1) is 5.69 Å². The lowest BCUT2D eigenvalue weighted by atomic mass is 10.1. The summed E-state index contributed by atoms with van der Waals surface area (Å²) in [7, 11) is 0. The maximum atomic E-state index is 13.6. The first-order chi connectivity index (χ1) is 8.99. The topological polar surface area (TPSA) is 12.0 Å². The Kier molecular flexibility index (Phi) is 4.58. The second-order valence-corrected chi connectivity index (χ2v) is 5.90. The van der Waals surface area contributed by atoms with Crippen molar-refractivity contribution in [2.24, 2.45) is 0 Å². The van der Waals surface area contributed by atoms with Crippen LogP contribution in [0.5, 0.6) is 0 Å². The molecule has 0 radical (unpaired) electrons. The lowest BCUT2D eigenvalue weighted by molar-refractivity contribution is 0.510. The summed E-state index contributed by atoms with van der Waals surface area (Å²) in [5.74, 6) is -1.71. The predicted octanol–water partition coefficient (Wildman–Crippen LogP) is 5.66. The van der Waals surface area contributed by atoms with E-state index in [2.05, 4.69) is 37.2 Å². The van der Waals surface area contributed by atoms with E-state index in [0.29, 0.717) is 0 Å². The van der Waals surface area contributed by atoms with Gasteiger partial charge in [-0.2, -0.15) is 0 Å². The second-order valence-electron chi connectivity index (χ2n) is 4.13. The third-order valence-corrected chi connectivity index (χ3v) is 3.93. The molecule has 0 spiro atoms. The number of rotatable bonds is 3. The lowest BCUT2D eigenvalue weighted by Gasteiger charge is -2.18. The minimum absolute atomic E-state index is 0.154. The van der Waals surface area contributed by atoms with E-state index in [1.165, 1.54) is 12.1 Å². The van der Waals surface area contributed by atoms with Crippen molar-refractivity contribution in [3.05, 3.63) is 62.5 Å². The zero-order valence-corrected chi connectivity index (χ0v) is 13.2. The monoisotopic (exact) mass is 389 g/mol. The van der Waals surface area contributed by atoms with E-state index in [4.69, 9.17) is 0 Å². The fourth-order valence-corrected chi connectivity index (χ4v) is 3.17. The smallest absolute Gasteiger partial charge is 0.181 e. The molecule has 0 aliphatic carbocycles. The van der Waals surface area contributed by atoms with Crippen LogP contribution in [0.3, 0.4) is 0 Å². The Morgan fingerprint density at radius 2 is 1.84 bits per heavy atom. The number of hydrogen-bond donors (Lipinski definition) is 1. The molecule has 1 N–H and O–H groups in total. The third kappa shape index (κ3) is 3.34. The van der Waals surface area contributed by atoms with E-state index in [0.717, 1.165) is 20.6 Å². The summed E-state index contributed by atoms with van der Waals surface area (Å²) in [6.45, 7) is 1.89. The summed E-state index contributed by atoms with van der Waals surface area (Å²) in [6.07, 6.45) is 0. The van der Waals surface area contributed by atoms with Crippen molar-refractivity contribution in [2.45, 2.75) is 13.0 Å². The van der Waals surface area contributed by atoms with E-state index in [9.17, 15) is 8.78 Å². The molecule has 1 atom stereocenters. The molecular weight excluding hydrogens is 380 g/mol. The molecule has 19 heavy (non-hydrogen) atoms. The fraction of sp³-hybridized carbons (Fsp3) is 0.143. The van der Waals surface area contributed by atoms with Crippen LogP contribution in [0.4, 0.5) is 14.5 Å². The quantitative estimate of drug-likeness (QED) is 0.712. The van der Waals surface area contributed by atoms with E-state index in [-0.39, 0.29) is 11.7 Å². The number of hydrogen-bond acceptors (Lipinski definition) is 1. The second kappa shape index (κ2) is 6.01. The average molecular weight is 391 g/mol. The molecule has 0 aliphatic rings. The van der Waals surface area contributed by atoms with Crippen LogP contribution in [0.15, 0.2) is 45.3 Å². The van der Waals surface area contributed by atoms with Gasteiger partial charge in [-0.15, -0.1) is 0 Å². The van der Waals surface area contributed by atoms with E-state index in [1.54, 1.807) is 0 Å². The van der Waals surface area contributed by atoms with Gasteiger partial charge in [0.15, 0.2) is 11.6 Å². The van der Waals surface area contributed by atoms with Crippen molar-refractivity contribution in [1.82, 2.24) is 0 Å². The number of nitrogens with one attached hydrogen (secondary N) is 1. The summed E-state index contributed by atoms with van der Waals surface area (Å²) in [4.78, 5) is 0. The molecule has 1 nitrogen and oxygen atoms in total. The van der Waals surface area contributed by atoms with Crippen LogP contribution in [0.25, 0.3) is 0 Å². The summed E-state index contributed by atoms with van der Waals surface area (Å²) in [5.41, 5.74) is 1.12. The van der Waals surface area contributed by atoms with Gasteiger partial charge in [-0.05, 0) is 36.8 Å². The molecule has 2 aromatic rings. The van der Waals surface area contributed by atoms with Crippen molar-refractivity contribution < 1.29 is 8.78 Å². The molecule has 0 aromatic heterocycles. The summed E-state index contributed by atoms with van der Waals surface area (Å²) in [6, 6.07) is 9.67. The zero-order chi connectivity index (χ0) is 14.0. The Hall–Kier alpha value is -0.940. The Morgan fingerprint density at radius 1 is 1.11 bits per heavy atom. The van der Waals surface area contributed by atoms with Gasteiger partial charge in [0.1, 0.15) is 0 Å². The highest BCUT2D eigenvalue weighted by Crippen LogP contribution is 2.29. The Morgan fingerprint density at radius 3 is 2.53 bits per heavy atom. The van der Waals surface area contributed by atoms with Gasteiger partial charge in [0, 0.05) is 15.0 Å². The van der Waals surface area contributed by atoms with Crippen LogP contribution >= 0.6 is 31.9 Å². The predicted molar refractivity (Wildman–Crippen MR) is 80.2 cm³/mol. The highest BCUT2D eigenvalue weighted by Gasteiger charge is 2.13. The molecular formula is C14H11Br2F2N. The summed E-state index contributed by atoms with van der Waals surface area (Å²) < 4.78 is 28.6. The largest absolute Gasteiger partial charge is 0.376 e. The van der Waals surface area contributed by atoms with Crippen molar-refractivity contribution >= 4 is 37.5 Å². The molecule has 100 valence electrons.